The number of rotatable bonds is 5. The fourth-order valence-corrected chi connectivity index (χ4v) is 2.41. The topological polar surface area (TPSA) is 50.1 Å². The Bertz CT molecular complexity index is 577. The van der Waals surface area contributed by atoms with E-state index >= 15 is 0 Å². The second-order valence-electron chi connectivity index (χ2n) is 5.48. The van der Waals surface area contributed by atoms with Gasteiger partial charge in [0.2, 0.25) is 0 Å². The summed E-state index contributed by atoms with van der Waals surface area (Å²) in [6.45, 7) is 6.84. The summed E-state index contributed by atoms with van der Waals surface area (Å²) in [4.78, 5) is 0. The molecular formula is C16H23N3O. The van der Waals surface area contributed by atoms with Gasteiger partial charge in [0.15, 0.2) is 0 Å². The van der Waals surface area contributed by atoms with E-state index in [1.54, 1.807) is 0 Å². The molecule has 0 amide bonds. The van der Waals surface area contributed by atoms with Gasteiger partial charge in [-0.05, 0) is 26.3 Å². The molecular weight excluding hydrogens is 250 g/mol. The summed E-state index contributed by atoms with van der Waals surface area (Å²) >= 11 is 0. The fourth-order valence-electron chi connectivity index (χ4n) is 2.41. The van der Waals surface area contributed by atoms with Crippen LogP contribution in [0.3, 0.4) is 0 Å². The first-order chi connectivity index (χ1) is 9.48. The summed E-state index contributed by atoms with van der Waals surface area (Å²) in [5, 5.41) is 17.7. The Morgan fingerprint density at radius 3 is 2.40 bits per heavy atom. The number of aromatic nitrogens is 2. The Labute approximate surface area is 120 Å². The zero-order valence-electron chi connectivity index (χ0n) is 12.6. The van der Waals surface area contributed by atoms with E-state index in [9.17, 15) is 5.11 Å². The van der Waals surface area contributed by atoms with Crippen LogP contribution >= 0.6 is 0 Å². The Hall–Kier alpha value is -1.65. The molecule has 0 aliphatic rings. The van der Waals surface area contributed by atoms with E-state index in [0.717, 1.165) is 17.0 Å². The average Bonchev–Trinajstić information content (AvgIpc) is 2.71. The summed E-state index contributed by atoms with van der Waals surface area (Å²) in [6.07, 6.45) is 0. The number of nitrogens with one attached hydrogen (secondary N) is 1. The molecule has 0 radical (unpaired) electrons. The summed E-state index contributed by atoms with van der Waals surface area (Å²) < 4.78 is 1.89. The predicted octanol–water partition coefficient (Wildman–Crippen LogP) is 2.03. The van der Waals surface area contributed by atoms with E-state index in [0.29, 0.717) is 6.54 Å². The number of hydrogen-bond donors (Lipinski definition) is 2. The molecule has 108 valence electrons. The molecule has 2 aromatic rings. The number of aliphatic hydroxyl groups excluding tert-OH is 1. The molecule has 4 nitrogen and oxygen atoms in total. The van der Waals surface area contributed by atoms with Gasteiger partial charge in [-0.2, -0.15) is 5.10 Å². The van der Waals surface area contributed by atoms with Gasteiger partial charge >= 0.3 is 0 Å². The third-order valence-electron chi connectivity index (χ3n) is 4.04. The van der Waals surface area contributed by atoms with Crippen molar-refractivity contribution < 1.29 is 5.11 Å². The van der Waals surface area contributed by atoms with Crippen LogP contribution in [0.15, 0.2) is 30.3 Å². The lowest BCUT2D eigenvalue weighted by Gasteiger charge is -2.29. The minimum absolute atomic E-state index is 0.0510. The van der Waals surface area contributed by atoms with Crippen LogP contribution in [0.2, 0.25) is 0 Å². The van der Waals surface area contributed by atoms with Crippen molar-refractivity contribution in [1.29, 1.82) is 0 Å². The zero-order chi connectivity index (χ0) is 14.8. The molecule has 1 unspecified atom stereocenters. The van der Waals surface area contributed by atoms with Crippen LogP contribution in [-0.4, -0.2) is 21.5 Å². The largest absolute Gasteiger partial charge is 0.394 e. The minimum atomic E-state index is -0.448. The summed E-state index contributed by atoms with van der Waals surface area (Å²) in [5.74, 6) is 0. The number of benzene rings is 1. The lowest BCUT2D eigenvalue weighted by atomic mass is 9.92. The normalized spacial score (nSPS) is 14.2. The molecule has 1 aromatic heterocycles. The molecule has 2 rings (SSSR count). The van der Waals surface area contributed by atoms with Gasteiger partial charge in [-0.3, -0.25) is 4.68 Å². The summed E-state index contributed by atoms with van der Waals surface area (Å²) in [5.41, 5.74) is 4.02. The van der Waals surface area contributed by atoms with Crippen LogP contribution in [0.1, 0.15) is 29.4 Å². The highest BCUT2D eigenvalue weighted by molar-refractivity contribution is 5.27. The standard InChI is InChI=1S/C16H23N3O/c1-12-15(13(2)19(4)18-12)10-17-16(3,11-20)14-8-6-5-7-9-14/h5-9,17,20H,10-11H2,1-4H3. The van der Waals surface area contributed by atoms with Crippen LogP contribution in [0, 0.1) is 13.8 Å². The lowest BCUT2D eigenvalue weighted by molar-refractivity contribution is 0.173. The van der Waals surface area contributed by atoms with Gasteiger partial charge in [-0.25, -0.2) is 0 Å². The predicted molar refractivity (Wildman–Crippen MR) is 80.4 cm³/mol. The number of aliphatic hydroxyl groups is 1. The maximum Gasteiger partial charge on any atom is 0.0652 e. The van der Waals surface area contributed by atoms with Gasteiger partial charge in [0, 0.05) is 24.8 Å². The van der Waals surface area contributed by atoms with Crippen LogP contribution < -0.4 is 5.32 Å². The number of nitrogens with zero attached hydrogens (tertiary/aromatic N) is 2. The molecule has 1 aromatic carbocycles. The van der Waals surface area contributed by atoms with Gasteiger partial charge in [-0.15, -0.1) is 0 Å². The Kier molecular flexibility index (Phi) is 4.26. The average molecular weight is 273 g/mol. The maximum absolute atomic E-state index is 9.78. The Morgan fingerprint density at radius 1 is 1.25 bits per heavy atom. The highest BCUT2D eigenvalue weighted by Crippen LogP contribution is 2.21. The highest BCUT2D eigenvalue weighted by atomic mass is 16.3. The minimum Gasteiger partial charge on any atom is -0.394 e. The molecule has 0 spiro atoms. The van der Waals surface area contributed by atoms with Crippen molar-refractivity contribution >= 4 is 0 Å². The van der Waals surface area contributed by atoms with E-state index in [4.69, 9.17) is 0 Å². The van der Waals surface area contributed by atoms with Gasteiger partial charge < -0.3 is 10.4 Å². The first-order valence-electron chi connectivity index (χ1n) is 6.88. The van der Waals surface area contributed by atoms with E-state index in [-0.39, 0.29) is 6.61 Å². The van der Waals surface area contributed by atoms with Crippen molar-refractivity contribution in [3.8, 4) is 0 Å². The molecule has 4 heteroatoms. The summed E-state index contributed by atoms with van der Waals surface area (Å²) in [6, 6.07) is 10.0. The maximum atomic E-state index is 9.78. The van der Waals surface area contributed by atoms with Crippen LogP contribution in [0.25, 0.3) is 0 Å². The summed E-state index contributed by atoms with van der Waals surface area (Å²) in [7, 11) is 1.95. The molecule has 0 saturated carbocycles. The fraction of sp³-hybridized carbons (Fsp3) is 0.438. The molecule has 2 N–H and O–H groups in total. The van der Waals surface area contributed by atoms with E-state index in [1.165, 1.54) is 5.56 Å². The molecule has 0 aliphatic carbocycles. The number of aryl methyl sites for hydroxylation is 2. The Balaban J connectivity index is 2.19. The molecule has 0 bridgehead atoms. The first-order valence-corrected chi connectivity index (χ1v) is 6.88. The third kappa shape index (κ3) is 2.76. The molecule has 0 fully saturated rings. The second kappa shape index (κ2) is 5.77. The van der Waals surface area contributed by atoms with Crippen LogP contribution in [0.4, 0.5) is 0 Å². The molecule has 1 heterocycles. The SMILES string of the molecule is Cc1nn(C)c(C)c1CNC(C)(CO)c1ccccc1. The number of hydrogen-bond acceptors (Lipinski definition) is 3. The van der Waals surface area contributed by atoms with Crippen molar-refractivity contribution in [3.05, 3.63) is 52.8 Å². The molecule has 0 aliphatic heterocycles. The zero-order valence-corrected chi connectivity index (χ0v) is 12.6. The lowest BCUT2D eigenvalue weighted by Crippen LogP contribution is -2.42. The van der Waals surface area contributed by atoms with Crippen molar-refractivity contribution in [2.45, 2.75) is 32.9 Å². The van der Waals surface area contributed by atoms with Crippen molar-refractivity contribution in [2.24, 2.45) is 7.05 Å². The quantitative estimate of drug-likeness (QED) is 0.876. The molecule has 20 heavy (non-hydrogen) atoms. The smallest absolute Gasteiger partial charge is 0.0652 e. The second-order valence-corrected chi connectivity index (χ2v) is 5.48. The van der Waals surface area contributed by atoms with Crippen LogP contribution in [-0.2, 0) is 19.1 Å². The van der Waals surface area contributed by atoms with Crippen molar-refractivity contribution in [2.75, 3.05) is 6.61 Å². The molecule has 1 atom stereocenters. The Morgan fingerprint density at radius 2 is 1.90 bits per heavy atom. The van der Waals surface area contributed by atoms with Gasteiger partial charge in [-0.1, -0.05) is 30.3 Å². The van der Waals surface area contributed by atoms with Crippen molar-refractivity contribution in [3.63, 3.8) is 0 Å². The van der Waals surface area contributed by atoms with E-state index < -0.39 is 5.54 Å². The van der Waals surface area contributed by atoms with Gasteiger partial charge in [0.1, 0.15) is 0 Å². The van der Waals surface area contributed by atoms with Gasteiger partial charge in [0.05, 0.1) is 17.8 Å². The third-order valence-corrected chi connectivity index (χ3v) is 4.04. The van der Waals surface area contributed by atoms with E-state index in [1.807, 2.05) is 55.9 Å². The molecule has 0 saturated heterocycles. The first kappa shape index (κ1) is 14.8. The highest BCUT2D eigenvalue weighted by Gasteiger charge is 2.25. The van der Waals surface area contributed by atoms with Crippen molar-refractivity contribution in [1.82, 2.24) is 15.1 Å². The monoisotopic (exact) mass is 273 g/mol. The van der Waals surface area contributed by atoms with Crippen LogP contribution in [0.5, 0.6) is 0 Å². The van der Waals surface area contributed by atoms with Gasteiger partial charge in [0.25, 0.3) is 0 Å². The van der Waals surface area contributed by atoms with E-state index in [2.05, 4.69) is 17.3 Å².